The van der Waals surface area contributed by atoms with Gasteiger partial charge in [-0.25, -0.2) is 13.8 Å². The van der Waals surface area contributed by atoms with Gasteiger partial charge in [-0.05, 0) is 49.1 Å². The van der Waals surface area contributed by atoms with E-state index in [4.69, 9.17) is 4.74 Å². The van der Waals surface area contributed by atoms with Crippen molar-refractivity contribution < 1.29 is 23.1 Å². The second-order valence-corrected chi connectivity index (χ2v) is 9.35. The number of halogens is 2. The summed E-state index contributed by atoms with van der Waals surface area (Å²) in [6.07, 6.45) is 4.92. The number of benzene rings is 1. The summed E-state index contributed by atoms with van der Waals surface area (Å²) in [5.74, 6) is -2.68. The monoisotopic (exact) mass is 465 g/mol. The molecule has 1 N–H and O–H groups in total. The van der Waals surface area contributed by atoms with Crippen LogP contribution in [0.2, 0.25) is 0 Å². The summed E-state index contributed by atoms with van der Waals surface area (Å²) < 4.78 is 33.7. The fraction of sp³-hybridized carbons (Fsp3) is 0.346. The first kappa shape index (κ1) is 22.4. The van der Waals surface area contributed by atoms with Crippen LogP contribution < -0.4 is 0 Å². The maximum absolute atomic E-state index is 13.9. The van der Waals surface area contributed by atoms with E-state index in [-0.39, 0.29) is 30.2 Å². The van der Waals surface area contributed by atoms with Gasteiger partial charge in [-0.1, -0.05) is 13.8 Å². The molecule has 1 aromatic carbocycles. The minimum Gasteiger partial charge on any atom is -0.368 e. The summed E-state index contributed by atoms with van der Waals surface area (Å²) in [5, 5.41) is 0.838. The van der Waals surface area contributed by atoms with Crippen molar-refractivity contribution in [2.24, 2.45) is 5.92 Å². The molecule has 1 atom stereocenters. The Bertz CT molecular complexity index is 1320. The van der Waals surface area contributed by atoms with Crippen LogP contribution in [0.3, 0.4) is 0 Å². The zero-order valence-corrected chi connectivity index (χ0v) is 19.0. The second kappa shape index (κ2) is 8.43. The number of carbonyl (C=O) groups excluding carboxylic acids is 2. The highest BCUT2D eigenvalue weighted by atomic mass is 19.2. The summed E-state index contributed by atoms with van der Waals surface area (Å²) in [4.78, 5) is 36.0. The maximum Gasteiger partial charge on any atom is 0.258 e. The summed E-state index contributed by atoms with van der Waals surface area (Å²) in [6, 6.07) is 6.81. The Balaban J connectivity index is 1.70. The van der Waals surface area contributed by atoms with Crippen LogP contribution in [-0.2, 0) is 15.1 Å². The standard InChI is InChI=1S/C26H25F2N3O3/c1-15(2)11-21(32)18-13-31(25(33)16-6-7-19(27)20(28)12-16)14-26(8-4-10-34-26)22-17-5-3-9-29-24(17)30-23(18)22/h3,5-7,9,12-13,15H,4,8,10-11,14H2,1-2H3,(H,29,30). The second-order valence-electron chi connectivity index (χ2n) is 9.35. The number of carbonyl (C=O) groups is 2. The first-order valence-electron chi connectivity index (χ1n) is 11.4. The molecule has 34 heavy (non-hydrogen) atoms. The molecule has 0 aliphatic carbocycles. The molecule has 176 valence electrons. The summed E-state index contributed by atoms with van der Waals surface area (Å²) in [5.41, 5.74) is 1.55. The molecule has 1 unspecified atom stereocenters. The Hall–Kier alpha value is -3.39. The molecule has 2 aliphatic rings. The quantitative estimate of drug-likeness (QED) is 0.591. The molecule has 6 nitrogen and oxygen atoms in total. The van der Waals surface area contributed by atoms with Crippen LogP contribution >= 0.6 is 0 Å². The average Bonchev–Trinajstić information content (AvgIpc) is 3.39. The number of H-pyrrole nitrogens is 1. The zero-order chi connectivity index (χ0) is 24.0. The highest BCUT2D eigenvalue weighted by Gasteiger charge is 2.46. The third kappa shape index (κ3) is 3.72. The first-order chi connectivity index (χ1) is 16.3. The molecule has 5 rings (SSSR count). The van der Waals surface area contributed by atoms with E-state index >= 15 is 0 Å². The molecular formula is C26H25F2N3O3. The van der Waals surface area contributed by atoms with Gasteiger partial charge in [0.25, 0.3) is 5.91 Å². The van der Waals surface area contributed by atoms with Gasteiger partial charge in [0, 0.05) is 41.9 Å². The molecule has 8 heteroatoms. The smallest absolute Gasteiger partial charge is 0.258 e. The van der Waals surface area contributed by atoms with Crippen LogP contribution in [0.4, 0.5) is 8.78 Å². The van der Waals surface area contributed by atoms with Crippen LogP contribution in [0, 0.1) is 17.6 Å². The lowest BCUT2D eigenvalue weighted by molar-refractivity contribution is -0.114. The molecule has 0 saturated carbocycles. The zero-order valence-electron chi connectivity index (χ0n) is 19.0. The normalized spacial score (nSPS) is 20.0. The number of Topliss-reactive ketones (excluding diaryl/α,β-unsaturated/α-hetero) is 1. The molecule has 4 heterocycles. The average molecular weight is 466 g/mol. The molecule has 2 aromatic heterocycles. The Labute approximate surface area is 195 Å². The number of ether oxygens (including phenoxy) is 1. The Morgan fingerprint density at radius 2 is 2.06 bits per heavy atom. The van der Waals surface area contributed by atoms with Crippen molar-refractivity contribution in [3.8, 4) is 0 Å². The number of nitrogens with zero attached hydrogens (tertiary/aromatic N) is 2. The van der Waals surface area contributed by atoms with E-state index in [1.807, 2.05) is 26.0 Å². The number of aromatic nitrogens is 2. The number of aromatic amines is 1. The van der Waals surface area contributed by atoms with Gasteiger partial charge in [-0.3, -0.25) is 9.59 Å². The SMILES string of the molecule is CC(C)CC(=O)C1=CN(C(=O)c2ccc(F)c(F)c2)CC2(CCCO2)c2c1[nH]c1ncccc21. The molecule has 1 amide bonds. The molecule has 2 aliphatic heterocycles. The lowest BCUT2D eigenvalue weighted by atomic mass is 9.86. The van der Waals surface area contributed by atoms with Gasteiger partial charge in [-0.15, -0.1) is 0 Å². The minimum absolute atomic E-state index is 0.00367. The van der Waals surface area contributed by atoms with Gasteiger partial charge in [0.05, 0.1) is 17.8 Å². The van der Waals surface area contributed by atoms with E-state index in [0.29, 0.717) is 29.9 Å². The van der Waals surface area contributed by atoms with Crippen molar-refractivity contribution in [3.05, 3.63) is 71.2 Å². The van der Waals surface area contributed by atoms with Crippen molar-refractivity contribution in [1.29, 1.82) is 0 Å². The van der Waals surface area contributed by atoms with Gasteiger partial charge in [0.2, 0.25) is 0 Å². The van der Waals surface area contributed by atoms with E-state index in [1.165, 1.54) is 17.2 Å². The largest absolute Gasteiger partial charge is 0.368 e. The van der Waals surface area contributed by atoms with Crippen LogP contribution in [0.1, 0.15) is 54.7 Å². The van der Waals surface area contributed by atoms with E-state index in [1.54, 1.807) is 6.20 Å². The Kier molecular flexibility index (Phi) is 5.56. The maximum atomic E-state index is 13.9. The Morgan fingerprint density at radius 3 is 2.76 bits per heavy atom. The molecule has 1 saturated heterocycles. The number of nitrogens with one attached hydrogen (secondary N) is 1. The topological polar surface area (TPSA) is 75.3 Å². The van der Waals surface area contributed by atoms with Crippen molar-refractivity contribution in [2.75, 3.05) is 13.2 Å². The van der Waals surface area contributed by atoms with E-state index < -0.39 is 23.1 Å². The number of allylic oxidation sites excluding steroid dienone is 1. The fourth-order valence-electron chi connectivity index (χ4n) is 4.95. The van der Waals surface area contributed by atoms with Gasteiger partial charge in [-0.2, -0.15) is 0 Å². The number of hydrogen-bond donors (Lipinski definition) is 1. The number of ketones is 1. The van der Waals surface area contributed by atoms with Crippen molar-refractivity contribution >= 4 is 28.3 Å². The lowest BCUT2D eigenvalue weighted by Gasteiger charge is -2.32. The third-order valence-corrected chi connectivity index (χ3v) is 6.43. The van der Waals surface area contributed by atoms with E-state index in [0.717, 1.165) is 29.5 Å². The third-order valence-electron chi connectivity index (χ3n) is 6.43. The van der Waals surface area contributed by atoms with Crippen molar-refractivity contribution in [1.82, 2.24) is 14.9 Å². The number of amides is 1. The van der Waals surface area contributed by atoms with Crippen molar-refractivity contribution in [3.63, 3.8) is 0 Å². The van der Waals surface area contributed by atoms with Crippen LogP contribution in [-0.4, -0.2) is 39.7 Å². The summed E-state index contributed by atoms with van der Waals surface area (Å²) in [7, 11) is 0. The summed E-state index contributed by atoms with van der Waals surface area (Å²) >= 11 is 0. The Morgan fingerprint density at radius 1 is 1.24 bits per heavy atom. The lowest BCUT2D eigenvalue weighted by Crippen LogP contribution is -2.40. The van der Waals surface area contributed by atoms with Gasteiger partial charge in [0.15, 0.2) is 17.4 Å². The highest BCUT2D eigenvalue weighted by molar-refractivity contribution is 6.22. The number of rotatable bonds is 4. The highest BCUT2D eigenvalue weighted by Crippen LogP contribution is 2.46. The predicted molar refractivity (Wildman–Crippen MR) is 123 cm³/mol. The van der Waals surface area contributed by atoms with Crippen LogP contribution in [0.15, 0.2) is 42.7 Å². The molecule has 1 spiro atoms. The van der Waals surface area contributed by atoms with Crippen molar-refractivity contribution in [2.45, 2.75) is 38.7 Å². The molecule has 3 aromatic rings. The molecular weight excluding hydrogens is 440 g/mol. The van der Waals surface area contributed by atoms with Crippen LogP contribution in [0.5, 0.6) is 0 Å². The molecule has 0 radical (unpaired) electrons. The van der Waals surface area contributed by atoms with E-state index in [9.17, 15) is 18.4 Å². The number of pyridine rings is 1. The summed E-state index contributed by atoms with van der Waals surface area (Å²) in [6.45, 7) is 4.55. The molecule has 0 bridgehead atoms. The van der Waals surface area contributed by atoms with Gasteiger partial charge >= 0.3 is 0 Å². The predicted octanol–water partition coefficient (Wildman–Crippen LogP) is 4.96. The minimum atomic E-state index is -1.10. The number of hydrogen-bond acceptors (Lipinski definition) is 4. The molecule has 1 fully saturated rings. The van der Waals surface area contributed by atoms with Gasteiger partial charge in [0.1, 0.15) is 11.2 Å². The fourth-order valence-corrected chi connectivity index (χ4v) is 4.95. The van der Waals surface area contributed by atoms with E-state index in [2.05, 4.69) is 9.97 Å². The number of fused-ring (bicyclic) bond motifs is 4. The first-order valence-corrected chi connectivity index (χ1v) is 11.4. The van der Waals surface area contributed by atoms with Crippen LogP contribution in [0.25, 0.3) is 16.6 Å². The van der Waals surface area contributed by atoms with Gasteiger partial charge < -0.3 is 14.6 Å².